The molecule has 4 heteroatoms. The minimum Gasteiger partial charge on any atom is -0.497 e. The van der Waals surface area contributed by atoms with Crippen molar-refractivity contribution in [1.29, 1.82) is 0 Å². The van der Waals surface area contributed by atoms with Crippen LogP contribution in [0.15, 0.2) is 24.3 Å². The van der Waals surface area contributed by atoms with Gasteiger partial charge in [-0.3, -0.25) is 25.8 Å². The van der Waals surface area contributed by atoms with E-state index in [1.54, 1.807) is 7.11 Å². The Labute approximate surface area is 95.3 Å². The topological polar surface area (TPSA) is 9.23 Å². The molecule has 0 heterocycles. The fourth-order valence-electron chi connectivity index (χ4n) is 0.672. The van der Waals surface area contributed by atoms with E-state index < -0.39 is 0 Å². The van der Waals surface area contributed by atoms with Crippen molar-refractivity contribution in [1.82, 2.24) is 0 Å². The number of hydrogen-bond acceptors (Lipinski definition) is 1. The van der Waals surface area contributed by atoms with Crippen LogP contribution in [-0.4, -0.2) is 23.1 Å². The molecule has 0 N–H and O–H groups in total. The van der Waals surface area contributed by atoms with Crippen molar-refractivity contribution in [2.75, 3.05) is 7.11 Å². The Bertz CT molecular complexity index is 218. The minimum atomic E-state index is 0.0417. The van der Waals surface area contributed by atoms with Crippen LogP contribution < -0.4 is 4.74 Å². The van der Waals surface area contributed by atoms with Crippen LogP contribution in [0.3, 0.4) is 0 Å². The molecule has 1 nitrogen and oxygen atoms in total. The van der Waals surface area contributed by atoms with E-state index in [-0.39, 0.29) is 16.0 Å². The zero-order chi connectivity index (χ0) is 9.40. The average Bonchev–Trinajstić information content (AvgIpc) is 2.06. The van der Waals surface area contributed by atoms with Gasteiger partial charge in [-0.1, -0.05) is 12.1 Å². The summed E-state index contributed by atoms with van der Waals surface area (Å²) < 4.78 is 4.96. The standard InChI is InChI=1S/C8H9O.2BrH.Mg/c1-7-4-3-5-8(6-7)9-2;;;/h3-6H,1H2,2H3;2*1H;/q;;;+2/p-2. The van der Waals surface area contributed by atoms with Gasteiger partial charge >= 0.3 is 16.0 Å². The van der Waals surface area contributed by atoms with Crippen LogP contribution in [0.5, 0.6) is 5.75 Å². The van der Waals surface area contributed by atoms with E-state index in [9.17, 15) is 0 Å². The first-order chi connectivity index (χ1) is 5.74. The Balaban J connectivity index is 0.000000354. The molecule has 0 bridgehead atoms. The SMILES string of the molecule is [Br][Mg][Br].[CH2]c1cccc(OC)c1. The second kappa shape index (κ2) is 8.35. The van der Waals surface area contributed by atoms with E-state index in [1.165, 1.54) is 0 Å². The number of rotatable bonds is 1. The van der Waals surface area contributed by atoms with Crippen LogP contribution in [0, 0.1) is 6.92 Å². The normalized spacial score (nSPS) is 7.67. The van der Waals surface area contributed by atoms with Crippen LogP contribution in [0.2, 0.25) is 0 Å². The monoisotopic (exact) mass is 303 g/mol. The first kappa shape index (κ1) is 12.7. The summed E-state index contributed by atoms with van der Waals surface area (Å²) in [5.41, 5.74) is 0.981. The fourth-order valence-corrected chi connectivity index (χ4v) is 0.672. The maximum absolute atomic E-state index is 4.96. The lowest BCUT2D eigenvalue weighted by atomic mass is 10.2. The van der Waals surface area contributed by atoms with Gasteiger partial charge in [0.25, 0.3) is 0 Å². The largest absolute Gasteiger partial charge is 0.560 e. The molecule has 0 aliphatic rings. The molecule has 0 saturated carbocycles. The van der Waals surface area contributed by atoms with Gasteiger partial charge in [0.1, 0.15) is 5.75 Å². The second-order valence-electron chi connectivity index (χ2n) is 1.95. The first-order valence-electron chi connectivity index (χ1n) is 3.32. The van der Waals surface area contributed by atoms with Crippen LogP contribution in [-0.2, 0) is 0 Å². The van der Waals surface area contributed by atoms with Gasteiger partial charge in [0.2, 0.25) is 0 Å². The zero-order valence-corrected chi connectivity index (χ0v) is 11.5. The maximum Gasteiger partial charge on any atom is 0.560 e. The highest BCUT2D eigenvalue weighted by Crippen LogP contribution is 2.10. The summed E-state index contributed by atoms with van der Waals surface area (Å²) in [6.45, 7) is 3.75. The van der Waals surface area contributed by atoms with E-state index in [0.717, 1.165) is 11.3 Å². The van der Waals surface area contributed by atoms with Crippen molar-refractivity contribution in [3.05, 3.63) is 36.8 Å². The number of hydrogen-bond donors (Lipinski definition) is 0. The highest BCUT2D eigenvalue weighted by atomic mass is 79.9. The zero-order valence-electron chi connectivity index (χ0n) is 6.89. The predicted octanol–water partition coefficient (Wildman–Crippen LogP) is 3.19. The smallest absolute Gasteiger partial charge is 0.497 e. The van der Waals surface area contributed by atoms with E-state index in [4.69, 9.17) is 4.74 Å². The molecule has 0 aliphatic heterocycles. The summed E-state index contributed by atoms with van der Waals surface area (Å²) >= 11 is 6.44. The van der Waals surface area contributed by atoms with Crippen molar-refractivity contribution in [2.24, 2.45) is 0 Å². The Kier molecular flexibility index (Phi) is 8.87. The summed E-state index contributed by atoms with van der Waals surface area (Å²) in [6.07, 6.45) is 0. The third kappa shape index (κ3) is 6.28. The average molecular weight is 305 g/mol. The van der Waals surface area contributed by atoms with Gasteiger partial charge in [-0.2, -0.15) is 0 Å². The summed E-state index contributed by atoms with van der Waals surface area (Å²) in [4.78, 5) is 0. The molecule has 1 aromatic rings. The Morgan fingerprint density at radius 2 is 2.00 bits per heavy atom. The summed E-state index contributed by atoms with van der Waals surface area (Å²) in [7, 11) is 1.65. The van der Waals surface area contributed by atoms with Gasteiger partial charge in [0.15, 0.2) is 0 Å². The van der Waals surface area contributed by atoms with Crippen molar-refractivity contribution < 1.29 is 4.74 Å². The third-order valence-electron chi connectivity index (χ3n) is 1.13. The van der Waals surface area contributed by atoms with Gasteiger partial charge < -0.3 is 4.74 Å². The minimum absolute atomic E-state index is 0.0417. The molecule has 0 amide bonds. The van der Waals surface area contributed by atoms with E-state index >= 15 is 0 Å². The molecule has 63 valence electrons. The molecule has 1 aromatic carbocycles. The fraction of sp³-hybridized carbons (Fsp3) is 0.125. The lowest BCUT2D eigenvalue weighted by Gasteiger charge is -1.97. The highest BCUT2D eigenvalue weighted by Gasteiger charge is 1.86. The number of benzene rings is 1. The Morgan fingerprint density at radius 1 is 1.42 bits per heavy atom. The quantitative estimate of drug-likeness (QED) is 0.724. The Hall–Kier alpha value is 0.746. The highest BCUT2D eigenvalue weighted by molar-refractivity contribution is 9.47. The van der Waals surface area contributed by atoms with Crippen molar-refractivity contribution in [3.8, 4) is 5.75 Å². The number of methoxy groups -OCH3 is 1. The molecular formula is C8H9Br2MgO. The van der Waals surface area contributed by atoms with E-state index in [0.29, 0.717) is 0 Å². The maximum atomic E-state index is 4.96. The third-order valence-corrected chi connectivity index (χ3v) is 1.13. The van der Waals surface area contributed by atoms with Gasteiger partial charge in [0, 0.05) is 0 Å². The second-order valence-corrected chi connectivity index (χ2v) is 10.0. The summed E-state index contributed by atoms with van der Waals surface area (Å²) in [6, 6.07) is 7.64. The van der Waals surface area contributed by atoms with E-state index in [2.05, 4.69) is 32.7 Å². The Morgan fingerprint density at radius 3 is 2.33 bits per heavy atom. The first-order valence-corrected chi connectivity index (χ1v) is 11.1. The molecule has 0 saturated heterocycles. The molecule has 1 rings (SSSR count). The molecule has 0 fully saturated rings. The summed E-state index contributed by atoms with van der Waals surface area (Å²) in [5, 5.41) is 0. The van der Waals surface area contributed by atoms with Crippen LogP contribution in [0.25, 0.3) is 0 Å². The molecule has 1 radical (unpaired) electrons. The van der Waals surface area contributed by atoms with Gasteiger partial charge in [-0.15, -0.1) is 0 Å². The summed E-state index contributed by atoms with van der Waals surface area (Å²) in [5.74, 6) is 0.863. The molecule has 0 spiro atoms. The molecular weight excluding hydrogens is 296 g/mol. The molecule has 0 aliphatic carbocycles. The van der Waals surface area contributed by atoms with Crippen molar-refractivity contribution >= 4 is 41.8 Å². The molecule has 0 atom stereocenters. The van der Waals surface area contributed by atoms with E-state index in [1.807, 2.05) is 24.3 Å². The van der Waals surface area contributed by atoms with Crippen molar-refractivity contribution in [2.45, 2.75) is 0 Å². The lowest BCUT2D eigenvalue weighted by molar-refractivity contribution is 0.414. The van der Waals surface area contributed by atoms with Crippen LogP contribution >= 0.6 is 25.8 Å². The van der Waals surface area contributed by atoms with Crippen LogP contribution in [0.1, 0.15) is 5.56 Å². The molecule has 0 unspecified atom stereocenters. The van der Waals surface area contributed by atoms with Gasteiger partial charge in [0.05, 0.1) is 7.11 Å². The predicted molar refractivity (Wildman–Crippen MR) is 61.1 cm³/mol. The number of halogens is 2. The van der Waals surface area contributed by atoms with Crippen molar-refractivity contribution in [3.63, 3.8) is 0 Å². The van der Waals surface area contributed by atoms with Gasteiger partial charge in [-0.25, -0.2) is 0 Å². The molecule has 0 aromatic heterocycles. The molecule has 12 heavy (non-hydrogen) atoms. The lowest BCUT2D eigenvalue weighted by Crippen LogP contribution is -1.81. The number of ether oxygens (including phenoxy) is 1. The van der Waals surface area contributed by atoms with Gasteiger partial charge in [-0.05, 0) is 24.6 Å². The van der Waals surface area contributed by atoms with Crippen LogP contribution in [0.4, 0.5) is 0 Å².